The van der Waals surface area contributed by atoms with E-state index in [9.17, 15) is 19.1 Å². The summed E-state index contributed by atoms with van der Waals surface area (Å²) in [5.74, 6) is 0.643. The van der Waals surface area contributed by atoms with Crippen LogP contribution in [0.15, 0.2) is 41.3 Å². The van der Waals surface area contributed by atoms with Gasteiger partial charge in [-0.15, -0.1) is 0 Å². The Morgan fingerprint density at radius 2 is 2.03 bits per heavy atom. The lowest BCUT2D eigenvalue weighted by atomic mass is 9.62. The number of ether oxygens (including phenoxy) is 1. The zero-order chi connectivity index (χ0) is 22.6. The fourth-order valence-corrected chi connectivity index (χ4v) is 6.46. The van der Waals surface area contributed by atoms with E-state index in [0.717, 1.165) is 32.1 Å². The van der Waals surface area contributed by atoms with Crippen molar-refractivity contribution in [3.05, 3.63) is 46.5 Å². The number of non-ortho nitro benzene ring substituents is 1. The Kier molecular flexibility index (Phi) is 7.64. The van der Waals surface area contributed by atoms with Crippen LogP contribution in [0, 0.1) is 33.3 Å². The van der Waals surface area contributed by atoms with Crippen molar-refractivity contribution in [3.63, 3.8) is 0 Å². The molecule has 0 spiro atoms. The molecule has 1 unspecified atom stereocenters. The molecule has 1 aromatic rings. The summed E-state index contributed by atoms with van der Waals surface area (Å²) in [7, 11) is 0. The third-order valence-corrected chi connectivity index (χ3v) is 8.12. The van der Waals surface area contributed by atoms with E-state index in [1.165, 1.54) is 30.3 Å². The third-order valence-electron chi connectivity index (χ3n) is 7.04. The molecule has 31 heavy (non-hydrogen) atoms. The molecule has 0 heterocycles. The van der Waals surface area contributed by atoms with Gasteiger partial charge in [0.25, 0.3) is 5.69 Å². The van der Waals surface area contributed by atoms with Crippen molar-refractivity contribution in [1.29, 1.82) is 0 Å². The van der Waals surface area contributed by atoms with E-state index in [-0.39, 0.29) is 29.1 Å². The Morgan fingerprint density at radius 3 is 2.68 bits per heavy atom. The van der Waals surface area contributed by atoms with E-state index in [2.05, 4.69) is 13.8 Å². The van der Waals surface area contributed by atoms with Gasteiger partial charge in [0.2, 0.25) is 0 Å². The fourth-order valence-electron chi connectivity index (χ4n) is 5.54. The quantitative estimate of drug-likeness (QED) is 0.240. The van der Waals surface area contributed by atoms with Gasteiger partial charge < -0.3 is 4.74 Å². The van der Waals surface area contributed by atoms with Gasteiger partial charge in [-0.05, 0) is 67.9 Å². The zero-order valence-electron chi connectivity index (χ0n) is 18.3. The number of fused-ring (bicyclic) bond motifs is 1. The number of nitro groups is 1. The van der Waals surface area contributed by atoms with Crippen LogP contribution in [-0.2, 0) is 24.8 Å². The Morgan fingerprint density at radius 1 is 1.32 bits per heavy atom. The van der Waals surface area contributed by atoms with Gasteiger partial charge in [0.05, 0.1) is 22.5 Å². The molecule has 0 aromatic heterocycles. The van der Waals surface area contributed by atoms with Gasteiger partial charge in [-0.3, -0.25) is 14.3 Å². The van der Waals surface area contributed by atoms with E-state index < -0.39 is 16.0 Å². The Hall–Kier alpha value is -2.06. The normalized spacial score (nSPS) is 30.0. The second-order valence-electron chi connectivity index (χ2n) is 8.78. The van der Waals surface area contributed by atoms with Crippen LogP contribution >= 0.6 is 0 Å². The lowest BCUT2D eigenvalue weighted by Crippen LogP contribution is -2.42. The molecule has 3 rings (SSSR count). The molecule has 0 bridgehead atoms. The molecule has 0 saturated heterocycles. The van der Waals surface area contributed by atoms with Gasteiger partial charge in [-0.25, -0.2) is 9.00 Å². The molecule has 0 aliphatic heterocycles. The highest BCUT2D eigenvalue weighted by molar-refractivity contribution is 7.80. The van der Waals surface area contributed by atoms with Crippen LogP contribution < -0.4 is 0 Å². The molecular formula is C23H31NO6S. The number of carbonyl (C=O) groups is 1. The molecule has 2 fully saturated rings. The number of benzene rings is 1. The van der Waals surface area contributed by atoms with E-state index in [1.54, 1.807) is 6.92 Å². The molecule has 7 nitrogen and oxygen atoms in total. The van der Waals surface area contributed by atoms with Crippen LogP contribution in [0.2, 0.25) is 0 Å². The Labute approximate surface area is 186 Å². The van der Waals surface area contributed by atoms with Crippen molar-refractivity contribution in [2.24, 2.45) is 23.2 Å². The number of nitro benzene ring substituents is 1. The smallest absolute Gasteiger partial charge is 0.330 e. The van der Waals surface area contributed by atoms with Crippen molar-refractivity contribution in [1.82, 2.24) is 0 Å². The molecule has 0 N–H and O–H groups in total. The highest BCUT2D eigenvalue weighted by Crippen LogP contribution is 2.58. The topological polar surface area (TPSA) is 95.7 Å². The van der Waals surface area contributed by atoms with Crippen molar-refractivity contribution >= 4 is 22.7 Å². The van der Waals surface area contributed by atoms with Gasteiger partial charge >= 0.3 is 5.97 Å². The SMILES string of the molecule is CCOC(=O)/C=C/[C@@H](C)[C@H]1CC[C@H]2[C@@H](OS(=O)c3ccc([N+](=O)[O-])cc3)CCC[C@]12C. The standard InChI is InChI=1S/C23H31NO6S/c1-4-29-22(25)14-7-16(2)19-12-13-20-21(6-5-15-23(19,20)3)30-31(28)18-10-8-17(9-11-18)24(26)27/h7-11,14,16,19-21H,4-6,12-13,15H2,1-3H3/b14-7+/t16-,19-,20+,21+,23-,31?/m1/s1. The predicted octanol–water partition coefficient (Wildman–Crippen LogP) is 4.97. The van der Waals surface area contributed by atoms with Crippen molar-refractivity contribution in [2.45, 2.75) is 63.9 Å². The van der Waals surface area contributed by atoms with Gasteiger partial charge in [0.1, 0.15) is 0 Å². The van der Waals surface area contributed by atoms with Crippen LogP contribution in [0.4, 0.5) is 5.69 Å². The highest BCUT2D eigenvalue weighted by atomic mass is 32.2. The number of hydrogen-bond donors (Lipinski definition) is 0. The first-order chi connectivity index (χ1) is 14.8. The number of carbonyl (C=O) groups excluding carboxylic acids is 1. The Balaban J connectivity index is 1.68. The first-order valence-corrected chi connectivity index (χ1v) is 12.0. The maximum atomic E-state index is 12.8. The maximum absolute atomic E-state index is 12.8. The zero-order valence-corrected chi connectivity index (χ0v) is 19.1. The molecule has 6 atom stereocenters. The largest absolute Gasteiger partial charge is 0.463 e. The number of rotatable bonds is 8. The minimum Gasteiger partial charge on any atom is -0.463 e. The van der Waals surface area contributed by atoms with Crippen molar-refractivity contribution in [2.75, 3.05) is 6.61 Å². The molecule has 0 amide bonds. The highest BCUT2D eigenvalue weighted by Gasteiger charge is 2.53. The van der Waals surface area contributed by atoms with Gasteiger partial charge in [-0.2, -0.15) is 0 Å². The molecule has 2 aliphatic rings. The van der Waals surface area contributed by atoms with E-state index >= 15 is 0 Å². The molecule has 1 aromatic carbocycles. The predicted molar refractivity (Wildman–Crippen MR) is 117 cm³/mol. The summed E-state index contributed by atoms with van der Waals surface area (Å²) in [6.45, 7) is 6.61. The minimum atomic E-state index is -1.66. The van der Waals surface area contributed by atoms with Crippen LogP contribution in [0.25, 0.3) is 0 Å². The third kappa shape index (κ3) is 5.23. The fraction of sp³-hybridized carbons (Fsp3) is 0.609. The van der Waals surface area contributed by atoms with Crippen molar-refractivity contribution < 1.29 is 22.8 Å². The minimum absolute atomic E-state index is 0.0329. The first-order valence-electron chi connectivity index (χ1n) is 10.9. The number of hydrogen-bond acceptors (Lipinski definition) is 6. The van der Waals surface area contributed by atoms with Crippen LogP contribution in [0.1, 0.15) is 52.9 Å². The average Bonchev–Trinajstić information content (AvgIpc) is 3.10. The summed E-state index contributed by atoms with van der Waals surface area (Å²) in [5.41, 5.74) is 0.0237. The molecular weight excluding hydrogens is 418 g/mol. The second kappa shape index (κ2) is 10.0. The van der Waals surface area contributed by atoms with E-state index in [4.69, 9.17) is 8.92 Å². The van der Waals surface area contributed by atoms with Gasteiger partial charge in [0.15, 0.2) is 11.1 Å². The summed E-state index contributed by atoms with van der Waals surface area (Å²) < 4.78 is 23.8. The molecule has 8 heteroatoms. The number of allylic oxidation sites excluding steroid dienone is 1. The first kappa shape index (κ1) is 23.6. The summed E-state index contributed by atoms with van der Waals surface area (Å²) in [6.07, 6.45) is 8.37. The average molecular weight is 450 g/mol. The van der Waals surface area contributed by atoms with E-state index in [1.807, 2.05) is 6.08 Å². The second-order valence-corrected chi connectivity index (χ2v) is 9.91. The summed E-state index contributed by atoms with van der Waals surface area (Å²) >= 11 is -1.66. The molecule has 2 aliphatic carbocycles. The number of esters is 1. The van der Waals surface area contributed by atoms with Crippen LogP contribution in [-0.4, -0.2) is 27.8 Å². The molecule has 2 saturated carbocycles. The lowest BCUT2D eigenvalue weighted by molar-refractivity contribution is -0.384. The van der Waals surface area contributed by atoms with Crippen LogP contribution in [0.5, 0.6) is 0 Å². The van der Waals surface area contributed by atoms with Crippen molar-refractivity contribution in [3.8, 4) is 0 Å². The summed E-state index contributed by atoms with van der Waals surface area (Å²) in [5, 5.41) is 10.8. The Bertz CT molecular complexity index is 854. The molecule has 0 radical (unpaired) electrons. The van der Waals surface area contributed by atoms with Gasteiger partial charge in [0, 0.05) is 18.2 Å². The van der Waals surface area contributed by atoms with Gasteiger partial charge in [-0.1, -0.05) is 26.3 Å². The summed E-state index contributed by atoms with van der Waals surface area (Å²) in [4.78, 5) is 22.5. The monoisotopic (exact) mass is 449 g/mol. The summed E-state index contributed by atoms with van der Waals surface area (Å²) in [6, 6.07) is 5.70. The number of nitrogens with zero attached hydrogens (tertiary/aromatic N) is 1. The molecule has 170 valence electrons. The van der Waals surface area contributed by atoms with Crippen LogP contribution in [0.3, 0.4) is 0 Å². The lowest BCUT2D eigenvalue weighted by Gasteiger charge is -2.45. The van der Waals surface area contributed by atoms with E-state index in [0.29, 0.717) is 23.3 Å². The maximum Gasteiger partial charge on any atom is 0.330 e.